The van der Waals surface area contributed by atoms with Crippen LogP contribution in [0.5, 0.6) is 0 Å². The Kier molecular flexibility index (Phi) is 9.38. The number of hydrogen-bond acceptors (Lipinski definition) is 3. The van der Waals surface area contributed by atoms with E-state index in [1.165, 1.54) is 6.42 Å². The van der Waals surface area contributed by atoms with Gasteiger partial charge < -0.3 is 19.9 Å². The van der Waals surface area contributed by atoms with Crippen LogP contribution in [0.3, 0.4) is 0 Å². The number of amides is 1. The average Bonchev–Trinajstić information content (AvgIpc) is 2.77. The van der Waals surface area contributed by atoms with Gasteiger partial charge in [-0.1, -0.05) is 13.8 Å². The molecule has 0 aromatic carbocycles. The van der Waals surface area contributed by atoms with E-state index in [-0.39, 0.29) is 30.1 Å². The highest BCUT2D eigenvalue weighted by atomic mass is 127. The van der Waals surface area contributed by atoms with Gasteiger partial charge in [-0.25, -0.2) is 4.79 Å². The first-order valence-electron chi connectivity index (χ1n) is 8.51. The minimum atomic E-state index is -0.463. The number of carbonyl (C=O) groups is 1. The molecule has 142 valence electrons. The number of likely N-dealkylation sites (N-methyl/N-ethyl adjacent to an activating group) is 1. The van der Waals surface area contributed by atoms with Crippen molar-refractivity contribution in [2.75, 3.05) is 39.8 Å². The molecule has 1 N–H and O–H groups in total. The van der Waals surface area contributed by atoms with E-state index >= 15 is 0 Å². The molecule has 1 fully saturated rings. The number of nitrogens with one attached hydrogen (secondary N) is 1. The Balaban J connectivity index is 0.00000529. The van der Waals surface area contributed by atoms with Crippen LogP contribution in [0.1, 0.15) is 48.0 Å². The highest BCUT2D eigenvalue weighted by molar-refractivity contribution is 14.0. The number of likely N-dealkylation sites (tertiary alicyclic amines) is 1. The largest absolute Gasteiger partial charge is 0.444 e. The Morgan fingerprint density at radius 1 is 1.38 bits per heavy atom. The topological polar surface area (TPSA) is 57.2 Å². The summed E-state index contributed by atoms with van der Waals surface area (Å²) in [6.45, 7) is 16.1. The summed E-state index contributed by atoms with van der Waals surface area (Å²) in [6.07, 6.45) is 0.909. The lowest BCUT2D eigenvalue weighted by Gasteiger charge is -2.28. The molecule has 6 nitrogen and oxygen atoms in total. The zero-order valence-electron chi connectivity index (χ0n) is 16.3. The number of guanidine groups is 1. The number of rotatable bonds is 4. The van der Waals surface area contributed by atoms with E-state index < -0.39 is 5.60 Å². The normalized spacial score (nSPS) is 17.3. The second kappa shape index (κ2) is 9.68. The molecule has 0 spiro atoms. The van der Waals surface area contributed by atoms with Crippen LogP contribution in [0, 0.1) is 5.41 Å². The molecule has 0 atom stereocenters. The van der Waals surface area contributed by atoms with E-state index in [1.807, 2.05) is 27.7 Å². The molecular weight excluding hydrogens is 419 g/mol. The summed E-state index contributed by atoms with van der Waals surface area (Å²) >= 11 is 0. The monoisotopic (exact) mass is 454 g/mol. The molecule has 1 rings (SSSR count). The Labute approximate surface area is 164 Å². The molecule has 0 aromatic heterocycles. The molecular formula is C17H35IN4O2. The van der Waals surface area contributed by atoms with Crippen LogP contribution in [0.4, 0.5) is 4.79 Å². The minimum absolute atomic E-state index is 0. The number of hydrogen-bond donors (Lipinski definition) is 1. The van der Waals surface area contributed by atoms with Gasteiger partial charge >= 0.3 is 6.09 Å². The fourth-order valence-corrected chi connectivity index (χ4v) is 2.63. The van der Waals surface area contributed by atoms with Crippen molar-refractivity contribution in [1.29, 1.82) is 0 Å². The number of nitrogens with zero attached hydrogens (tertiary/aromatic N) is 3. The number of ether oxygens (including phenoxy) is 1. The highest BCUT2D eigenvalue weighted by Crippen LogP contribution is 2.28. The maximum Gasteiger partial charge on any atom is 0.410 e. The quantitative estimate of drug-likeness (QED) is 0.403. The van der Waals surface area contributed by atoms with Gasteiger partial charge in [0.1, 0.15) is 5.60 Å². The number of halogens is 1. The first kappa shape index (κ1) is 23.3. The average molecular weight is 454 g/mol. The predicted octanol–water partition coefficient (Wildman–Crippen LogP) is 3.17. The van der Waals surface area contributed by atoms with Crippen molar-refractivity contribution in [2.45, 2.75) is 53.6 Å². The second-order valence-electron chi connectivity index (χ2n) is 7.87. The van der Waals surface area contributed by atoms with Gasteiger partial charge in [0.15, 0.2) is 5.96 Å². The van der Waals surface area contributed by atoms with E-state index in [4.69, 9.17) is 4.74 Å². The maximum absolute atomic E-state index is 12.1. The van der Waals surface area contributed by atoms with Crippen LogP contribution >= 0.6 is 24.0 Å². The summed E-state index contributed by atoms with van der Waals surface area (Å²) in [5, 5.41) is 3.36. The molecule has 1 amide bonds. The molecule has 7 heteroatoms. The molecule has 0 radical (unpaired) electrons. The lowest BCUT2D eigenvalue weighted by atomic mass is 9.93. The molecule has 0 aliphatic carbocycles. The van der Waals surface area contributed by atoms with Gasteiger partial charge in [0.2, 0.25) is 0 Å². The summed E-state index contributed by atoms with van der Waals surface area (Å²) in [5.41, 5.74) is -0.126. The van der Waals surface area contributed by atoms with Crippen LogP contribution in [-0.4, -0.2) is 67.2 Å². The Bertz CT molecular complexity index is 433. The minimum Gasteiger partial charge on any atom is -0.444 e. The summed E-state index contributed by atoms with van der Waals surface area (Å²) in [5.74, 6) is 0.913. The first-order valence-corrected chi connectivity index (χ1v) is 8.51. The number of aliphatic imine (C=N–C) groups is 1. The lowest BCUT2D eigenvalue weighted by Crippen LogP contribution is -2.45. The summed E-state index contributed by atoms with van der Waals surface area (Å²) in [7, 11) is 1.80. The molecule has 0 unspecified atom stereocenters. The van der Waals surface area contributed by atoms with Crippen LogP contribution in [0.15, 0.2) is 4.99 Å². The van der Waals surface area contributed by atoms with E-state index in [0.29, 0.717) is 25.0 Å². The second-order valence-corrected chi connectivity index (χ2v) is 7.87. The molecule has 1 heterocycles. The van der Waals surface area contributed by atoms with Crippen LogP contribution in [0.25, 0.3) is 0 Å². The van der Waals surface area contributed by atoms with Crippen molar-refractivity contribution in [2.24, 2.45) is 10.4 Å². The Morgan fingerprint density at radius 3 is 2.42 bits per heavy atom. The van der Waals surface area contributed by atoms with Crippen LogP contribution < -0.4 is 5.32 Å². The Hall–Kier alpha value is -0.730. The zero-order valence-corrected chi connectivity index (χ0v) is 18.6. The van der Waals surface area contributed by atoms with E-state index in [2.05, 4.69) is 29.1 Å². The van der Waals surface area contributed by atoms with Crippen LogP contribution in [0.2, 0.25) is 0 Å². The smallest absolute Gasteiger partial charge is 0.410 e. The van der Waals surface area contributed by atoms with Crippen molar-refractivity contribution >= 4 is 36.0 Å². The van der Waals surface area contributed by atoms with Gasteiger partial charge in [-0.3, -0.25) is 4.99 Å². The fraction of sp³-hybridized carbons (Fsp3) is 0.882. The van der Waals surface area contributed by atoms with Crippen molar-refractivity contribution in [3.05, 3.63) is 0 Å². The first-order chi connectivity index (χ1) is 10.6. The van der Waals surface area contributed by atoms with Crippen molar-refractivity contribution in [3.8, 4) is 0 Å². The molecule has 24 heavy (non-hydrogen) atoms. The summed E-state index contributed by atoms with van der Waals surface area (Å²) in [4.78, 5) is 20.5. The molecule has 1 saturated heterocycles. The predicted molar refractivity (Wildman–Crippen MR) is 110 cm³/mol. The van der Waals surface area contributed by atoms with Gasteiger partial charge in [-0.15, -0.1) is 24.0 Å². The lowest BCUT2D eigenvalue weighted by molar-refractivity contribution is 0.0263. The van der Waals surface area contributed by atoms with E-state index in [9.17, 15) is 4.79 Å². The van der Waals surface area contributed by atoms with Crippen LogP contribution in [-0.2, 0) is 4.74 Å². The fourth-order valence-electron chi connectivity index (χ4n) is 2.63. The summed E-state index contributed by atoms with van der Waals surface area (Å²) in [6, 6.07) is 0. The molecule has 0 aromatic rings. The SMILES string of the molecule is CCN(CCNC(=NC)N1CCC(C)(C)C1)C(=O)OC(C)(C)C.I. The number of carbonyl (C=O) groups excluding carboxylic acids is 1. The third-order valence-electron chi connectivity index (χ3n) is 3.89. The van der Waals surface area contributed by atoms with Gasteiger partial charge in [0.25, 0.3) is 0 Å². The summed E-state index contributed by atoms with van der Waals surface area (Å²) < 4.78 is 5.42. The Morgan fingerprint density at radius 2 is 2.00 bits per heavy atom. The van der Waals surface area contributed by atoms with Crippen molar-refractivity contribution in [1.82, 2.24) is 15.1 Å². The van der Waals surface area contributed by atoms with Gasteiger partial charge in [-0.05, 0) is 39.5 Å². The molecule has 0 bridgehead atoms. The molecule has 0 saturated carbocycles. The molecule has 1 aliphatic heterocycles. The van der Waals surface area contributed by atoms with Gasteiger partial charge in [0.05, 0.1) is 0 Å². The van der Waals surface area contributed by atoms with Gasteiger partial charge in [-0.2, -0.15) is 0 Å². The highest BCUT2D eigenvalue weighted by Gasteiger charge is 2.30. The van der Waals surface area contributed by atoms with Crippen molar-refractivity contribution < 1.29 is 9.53 Å². The van der Waals surface area contributed by atoms with Crippen molar-refractivity contribution in [3.63, 3.8) is 0 Å². The van der Waals surface area contributed by atoms with E-state index in [0.717, 1.165) is 19.0 Å². The zero-order chi connectivity index (χ0) is 17.7. The maximum atomic E-state index is 12.1. The van der Waals surface area contributed by atoms with E-state index in [1.54, 1.807) is 11.9 Å². The van der Waals surface area contributed by atoms with Gasteiger partial charge in [0, 0.05) is 39.8 Å². The molecule has 1 aliphatic rings. The standard InChI is InChI=1S/C17H34N4O2.HI/c1-8-20(15(22)23-16(2,3)4)12-10-19-14(18-7)21-11-9-17(5,6)13-21;/h8-13H2,1-7H3,(H,18,19);1H. The third-order valence-corrected chi connectivity index (χ3v) is 3.89. The third kappa shape index (κ3) is 7.90.